The van der Waals surface area contributed by atoms with E-state index in [0.29, 0.717) is 18.4 Å². The number of ether oxygens (including phenoxy) is 2. The molecule has 5 rings (SSSR count). The summed E-state index contributed by atoms with van der Waals surface area (Å²) >= 11 is 0. The van der Waals surface area contributed by atoms with Crippen molar-refractivity contribution >= 4 is 28.8 Å². The van der Waals surface area contributed by atoms with Gasteiger partial charge in [-0.25, -0.2) is 4.68 Å². The summed E-state index contributed by atoms with van der Waals surface area (Å²) in [6.07, 6.45) is 0.980. The standard InChI is InChI=1S/C23H29N5O6/c1-4-33-21(32)17-16-20(31)28(13(2)11-29)18(23(16)10-9-22(17,3)34-23)19(30)24-12-27-15-8-6-5-7-14(15)25-26-27/h5-8,13,16-18,29H,4,9-12H2,1-3H3,(H,24,30)/t13-,16+,17-,18?,22+,23?/m1/s1. The highest BCUT2D eigenvalue weighted by molar-refractivity contribution is 5.98. The molecule has 2 N–H and O–H groups in total. The van der Waals surface area contributed by atoms with E-state index in [-0.39, 0.29) is 25.8 Å². The number of nitrogens with zero attached hydrogens (tertiary/aromatic N) is 4. The number of para-hydroxylation sites is 1. The maximum absolute atomic E-state index is 13.7. The van der Waals surface area contributed by atoms with Crippen molar-refractivity contribution in [3.8, 4) is 0 Å². The zero-order chi connectivity index (χ0) is 24.3. The number of amides is 2. The fourth-order valence-electron chi connectivity index (χ4n) is 6.10. The maximum atomic E-state index is 13.7. The van der Waals surface area contributed by atoms with Gasteiger partial charge in [-0.05, 0) is 45.7 Å². The average molecular weight is 472 g/mol. The van der Waals surface area contributed by atoms with Crippen molar-refractivity contribution in [3.05, 3.63) is 24.3 Å². The zero-order valence-corrected chi connectivity index (χ0v) is 19.4. The first-order valence-electron chi connectivity index (χ1n) is 11.6. The van der Waals surface area contributed by atoms with E-state index in [2.05, 4.69) is 15.6 Å². The number of esters is 1. The molecule has 3 fully saturated rings. The highest BCUT2D eigenvalue weighted by Crippen LogP contribution is 2.63. The fourth-order valence-corrected chi connectivity index (χ4v) is 6.10. The Morgan fingerprint density at radius 2 is 2.12 bits per heavy atom. The number of hydrogen-bond donors (Lipinski definition) is 2. The van der Waals surface area contributed by atoms with E-state index >= 15 is 0 Å². The van der Waals surface area contributed by atoms with Gasteiger partial charge in [0.25, 0.3) is 0 Å². The normalized spacial score (nSPS) is 32.8. The number of rotatable bonds is 7. The third-order valence-electron chi connectivity index (χ3n) is 7.57. The lowest BCUT2D eigenvalue weighted by Crippen LogP contribution is -2.57. The van der Waals surface area contributed by atoms with E-state index in [1.165, 1.54) is 4.90 Å². The van der Waals surface area contributed by atoms with Gasteiger partial charge in [-0.15, -0.1) is 5.10 Å². The summed E-state index contributed by atoms with van der Waals surface area (Å²) in [5.41, 5.74) is -0.594. The van der Waals surface area contributed by atoms with E-state index in [9.17, 15) is 19.5 Å². The van der Waals surface area contributed by atoms with Gasteiger partial charge in [0.1, 0.15) is 29.7 Å². The summed E-state index contributed by atoms with van der Waals surface area (Å²) in [5, 5.41) is 20.9. The topological polar surface area (TPSA) is 136 Å². The first kappa shape index (κ1) is 22.7. The SMILES string of the molecule is CCOC(=O)[C@H]1[C@H]2C(=O)N([C@H](C)CO)C(C(=O)NCn3nnc4ccccc43)C23CC[C@]1(C)O3. The Morgan fingerprint density at radius 3 is 2.85 bits per heavy atom. The molecule has 1 aromatic carbocycles. The molecular weight excluding hydrogens is 442 g/mol. The Hall–Kier alpha value is -3.05. The van der Waals surface area contributed by atoms with Crippen LogP contribution in [0.5, 0.6) is 0 Å². The van der Waals surface area contributed by atoms with Crippen LogP contribution >= 0.6 is 0 Å². The van der Waals surface area contributed by atoms with Gasteiger partial charge in [0.2, 0.25) is 11.8 Å². The highest BCUT2D eigenvalue weighted by atomic mass is 16.6. The van der Waals surface area contributed by atoms with Crippen molar-refractivity contribution in [2.24, 2.45) is 11.8 Å². The Morgan fingerprint density at radius 1 is 1.35 bits per heavy atom. The molecule has 0 aliphatic carbocycles. The number of nitrogens with one attached hydrogen (secondary N) is 1. The van der Waals surface area contributed by atoms with Gasteiger partial charge in [0, 0.05) is 0 Å². The number of hydrogen-bond acceptors (Lipinski definition) is 8. The van der Waals surface area contributed by atoms with E-state index < -0.39 is 47.0 Å². The van der Waals surface area contributed by atoms with E-state index in [4.69, 9.17) is 9.47 Å². The van der Waals surface area contributed by atoms with Gasteiger partial charge in [0.05, 0.1) is 36.3 Å². The molecule has 0 radical (unpaired) electrons. The molecule has 3 aliphatic heterocycles. The lowest BCUT2D eigenvalue weighted by molar-refractivity contribution is -0.160. The molecule has 1 spiro atoms. The second-order valence-corrected chi connectivity index (χ2v) is 9.53. The lowest BCUT2D eigenvalue weighted by atomic mass is 9.66. The first-order valence-corrected chi connectivity index (χ1v) is 11.6. The predicted octanol–water partition coefficient (Wildman–Crippen LogP) is 0.214. The second kappa shape index (κ2) is 8.02. The summed E-state index contributed by atoms with van der Waals surface area (Å²) in [4.78, 5) is 41.6. The summed E-state index contributed by atoms with van der Waals surface area (Å²) in [6, 6.07) is 5.76. The van der Waals surface area contributed by atoms with Gasteiger partial charge >= 0.3 is 5.97 Å². The number of aromatic nitrogens is 3. The minimum Gasteiger partial charge on any atom is -0.466 e. The number of benzene rings is 1. The zero-order valence-electron chi connectivity index (χ0n) is 19.4. The van der Waals surface area contributed by atoms with Crippen molar-refractivity contribution in [3.63, 3.8) is 0 Å². The van der Waals surface area contributed by atoms with Crippen molar-refractivity contribution in [2.75, 3.05) is 13.2 Å². The van der Waals surface area contributed by atoms with Gasteiger partial charge in [0.15, 0.2) is 0 Å². The molecule has 11 heteroatoms. The number of aliphatic hydroxyl groups excluding tert-OH is 1. The summed E-state index contributed by atoms with van der Waals surface area (Å²) < 4.78 is 13.3. The minimum absolute atomic E-state index is 0.0463. The summed E-state index contributed by atoms with van der Waals surface area (Å²) in [6.45, 7) is 5.11. The molecule has 3 saturated heterocycles. The van der Waals surface area contributed by atoms with Crippen LogP contribution in [0.1, 0.15) is 33.6 Å². The molecule has 2 unspecified atom stereocenters. The van der Waals surface area contributed by atoms with Crippen LogP contribution in [0.2, 0.25) is 0 Å². The van der Waals surface area contributed by atoms with E-state index in [0.717, 1.165) is 5.52 Å². The number of aliphatic hydroxyl groups is 1. The van der Waals surface area contributed by atoms with Crippen molar-refractivity contribution in [1.29, 1.82) is 0 Å². The van der Waals surface area contributed by atoms with Crippen LogP contribution in [0, 0.1) is 11.8 Å². The van der Waals surface area contributed by atoms with Crippen LogP contribution in [-0.2, 0) is 30.5 Å². The molecular formula is C23H29N5O6. The number of carbonyl (C=O) groups excluding carboxylic acids is 3. The van der Waals surface area contributed by atoms with Gasteiger partial charge in [-0.3, -0.25) is 14.4 Å². The smallest absolute Gasteiger partial charge is 0.312 e. The summed E-state index contributed by atoms with van der Waals surface area (Å²) in [7, 11) is 0. The molecule has 11 nitrogen and oxygen atoms in total. The van der Waals surface area contributed by atoms with Crippen LogP contribution < -0.4 is 5.32 Å². The van der Waals surface area contributed by atoms with Gasteiger partial charge < -0.3 is 24.8 Å². The van der Waals surface area contributed by atoms with Crippen LogP contribution in [-0.4, -0.2) is 79.3 Å². The minimum atomic E-state index is -1.17. The van der Waals surface area contributed by atoms with Gasteiger partial charge in [-0.1, -0.05) is 17.3 Å². The van der Waals surface area contributed by atoms with Crippen LogP contribution in [0.15, 0.2) is 24.3 Å². The highest BCUT2D eigenvalue weighted by Gasteiger charge is 2.78. The molecule has 34 heavy (non-hydrogen) atoms. The number of carbonyl (C=O) groups is 3. The molecule has 0 saturated carbocycles. The Kier molecular flexibility index (Phi) is 5.36. The molecule has 2 aromatic rings. The maximum Gasteiger partial charge on any atom is 0.312 e. The van der Waals surface area contributed by atoms with Crippen molar-refractivity contribution in [2.45, 2.75) is 63.6 Å². The van der Waals surface area contributed by atoms with E-state index in [1.54, 1.807) is 18.5 Å². The largest absolute Gasteiger partial charge is 0.466 e. The Labute approximate surface area is 196 Å². The van der Waals surface area contributed by atoms with Crippen molar-refractivity contribution in [1.82, 2.24) is 25.2 Å². The lowest BCUT2D eigenvalue weighted by Gasteiger charge is -2.35. The number of fused-ring (bicyclic) bond motifs is 2. The molecule has 2 bridgehead atoms. The Bertz CT molecular complexity index is 1150. The quantitative estimate of drug-likeness (QED) is 0.547. The predicted molar refractivity (Wildman–Crippen MR) is 118 cm³/mol. The van der Waals surface area contributed by atoms with Crippen LogP contribution in [0.25, 0.3) is 11.0 Å². The van der Waals surface area contributed by atoms with Gasteiger partial charge in [-0.2, -0.15) is 0 Å². The molecule has 6 atom stereocenters. The second-order valence-electron chi connectivity index (χ2n) is 9.53. The number of likely N-dealkylation sites (tertiary alicyclic amines) is 1. The molecule has 4 heterocycles. The Balaban J connectivity index is 1.48. The van der Waals surface area contributed by atoms with Crippen molar-refractivity contribution < 1.29 is 29.0 Å². The van der Waals surface area contributed by atoms with Crippen LogP contribution in [0.3, 0.4) is 0 Å². The summed E-state index contributed by atoms with van der Waals surface area (Å²) in [5.74, 6) is -2.93. The van der Waals surface area contributed by atoms with Crippen LogP contribution in [0.4, 0.5) is 0 Å². The van der Waals surface area contributed by atoms with E-state index in [1.807, 2.05) is 31.2 Å². The third kappa shape index (κ3) is 3.06. The molecule has 1 aromatic heterocycles. The molecule has 3 aliphatic rings. The fraction of sp³-hybridized carbons (Fsp3) is 0.609. The molecule has 2 amide bonds. The third-order valence-corrected chi connectivity index (χ3v) is 7.57. The average Bonchev–Trinajstić information content (AvgIpc) is 3.52. The first-order chi connectivity index (χ1) is 16.3. The molecule has 182 valence electrons. The monoisotopic (exact) mass is 471 g/mol.